The summed E-state index contributed by atoms with van der Waals surface area (Å²) in [5.74, 6) is 0.200. The quantitative estimate of drug-likeness (QED) is 0.370. The predicted octanol–water partition coefficient (Wildman–Crippen LogP) is 1.43. The van der Waals surface area contributed by atoms with Crippen LogP contribution < -0.4 is 19.8 Å². The Bertz CT molecular complexity index is 923. The molecular weight excluding hydrogens is 348 g/mol. The molecule has 9 nitrogen and oxygen atoms in total. The largest absolute Gasteiger partial charge is 0.493 e. The van der Waals surface area contributed by atoms with Gasteiger partial charge in [-0.3, -0.25) is 14.7 Å². The van der Waals surface area contributed by atoms with Crippen molar-refractivity contribution in [2.45, 2.75) is 13.8 Å². The molecule has 1 heterocycles. The second-order valence-corrected chi connectivity index (χ2v) is 5.21. The zero-order valence-corrected chi connectivity index (χ0v) is 14.8. The van der Waals surface area contributed by atoms with Gasteiger partial charge < -0.3 is 14.2 Å². The molecule has 0 saturated carbocycles. The maximum absolute atomic E-state index is 12.0. The number of carbonyl (C=O) groups is 1. The van der Waals surface area contributed by atoms with E-state index in [2.05, 4.69) is 15.3 Å². The Morgan fingerprint density at radius 2 is 1.92 bits per heavy atom. The Balaban J connectivity index is 2.51. The number of ether oxygens (including phenoxy) is 3. The van der Waals surface area contributed by atoms with Gasteiger partial charge in [0, 0.05) is 12.5 Å². The van der Waals surface area contributed by atoms with E-state index in [4.69, 9.17) is 26.4 Å². The number of aromatic amines is 1. The van der Waals surface area contributed by atoms with E-state index in [0.29, 0.717) is 5.56 Å². The second-order valence-electron chi connectivity index (χ2n) is 4.82. The van der Waals surface area contributed by atoms with E-state index in [0.717, 1.165) is 4.68 Å². The van der Waals surface area contributed by atoms with Gasteiger partial charge in [-0.05, 0) is 31.3 Å². The molecule has 0 aliphatic heterocycles. The molecule has 25 heavy (non-hydrogen) atoms. The zero-order valence-electron chi connectivity index (χ0n) is 14.0. The number of nitrogens with zero attached hydrogens (tertiary/aromatic N) is 3. The van der Waals surface area contributed by atoms with Gasteiger partial charge >= 0.3 is 5.97 Å². The number of benzene rings is 1. The van der Waals surface area contributed by atoms with E-state index in [1.54, 1.807) is 19.1 Å². The smallest absolute Gasteiger partial charge is 0.308 e. The highest BCUT2D eigenvalue weighted by atomic mass is 32.1. The molecule has 1 aromatic carbocycles. The third kappa shape index (κ3) is 4.10. The fourth-order valence-corrected chi connectivity index (χ4v) is 2.10. The summed E-state index contributed by atoms with van der Waals surface area (Å²) in [4.78, 5) is 23.3. The van der Waals surface area contributed by atoms with Gasteiger partial charge in [-0.25, -0.2) is 0 Å². The van der Waals surface area contributed by atoms with Gasteiger partial charge in [0.1, 0.15) is 5.69 Å². The minimum atomic E-state index is -0.511. The predicted molar refractivity (Wildman–Crippen MR) is 92.3 cm³/mol. The molecule has 10 heteroatoms. The first-order chi connectivity index (χ1) is 11.9. The molecule has 1 aromatic heterocycles. The molecule has 0 saturated heterocycles. The van der Waals surface area contributed by atoms with E-state index < -0.39 is 11.5 Å². The molecule has 0 aliphatic carbocycles. The van der Waals surface area contributed by atoms with Crippen LogP contribution in [0.5, 0.6) is 17.2 Å². The molecule has 2 rings (SSSR count). The molecule has 1 N–H and O–H groups in total. The van der Waals surface area contributed by atoms with Crippen molar-refractivity contribution < 1.29 is 19.0 Å². The first kappa shape index (κ1) is 18.3. The second kappa shape index (κ2) is 7.71. The van der Waals surface area contributed by atoms with E-state index >= 15 is 0 Å². The Kier molecular flexibility index (Phi) is 5.65. The minimum absolute atomic E-state index is 0.0577. The van der Waals surface area contributed by atoms with E-state index in [1.165, 1.54) is 27.4 Å². The van der Waals surface area contributed by atoms with Crippen LogP contribution in [-0.4, -0.2) is 41.3 Å². The highest BCUT2D eigenvalue weighted by molar-refractivity contribution is 7.71. The number of nitrogens with one attached hydrogen (secondary N) is 1. The lowest BCUT2D eigenvalue weighted by molar-refractivity contribution is -0.132. The SMILES string of the molecule is COc1cc(/C=N/n2c(=S)[nH]nc(C)c2=O)cc(OC)c1OC(C)=O. The number of hydrogen-bond acceptors (Lipinski definition) is 8. The molecule has 2 aromatic rings. The summed E-state index contributed by atoms with van der Waals surface area (Å²) in [6, 6.07) is 3.16. The third-order valence-corrected chi connectivity index (χ3v) is 3.33. The number of H-pyrrole nitrogens is 1. The average Bonchev–Trinajstić information content (AvgIpc) is 2.58. The zero-order chi connectivity index (χ0) is 18.6. The highest BCUT2D eigenvalue weighted by Gasteiger charge is 2.15. The summed E-state index contributed by atoms with van der Waals surface area (Å²) in [5.41, 5.74) is 0.335. The van der Waals surface area contributed by atoms with Crippen LogP contribution in [0.4, 0.5) is 0 Å². The fourth-order valence-electron chi connectivity index (χ4n) is 1.92. The average molecular weight is 364 g/mol. The molecule has 0 fully saturated rings. The Morgan fingerprint density at radius 1 is 1.32 bits per heavy atom. The normalized spacial score (nSPS) is 10.7. The van der Waals surface area contributed by atoms with Crippen LogP contribution in [0.1, 0.15) is 18.2 Å². The van der Waals surface area contributed by atoms with Gasteiger partial charge in [0.05, 0.1) is 20.4 Å². The van der Waals surface area contributed by atoms with Crippen molar-refractivity contribution in [2.24, 2.45) is 5.10 Å². The van der Waals surface area contributed by atoms with Gasteiger partial charge in [-0.1, -0.05) is 0 Å². The van der Waals surface area contributed by atoms with E-state index in [9.17, 15) is 9.59 Å². The van der Waals surface area contributed by atoms with Gasteiger partial charge in [0.15, 0.2) is 11.5 Å². The van der Waals surface area contributed by atoms with Crippen LogP contribution in [-0.2, 0) is 4.79 Å². The molecular formula is C15H16N4O5S. The number of hydrogen-bond donors (Lipinski definition) is 1. The Morgan fingerprint density at radius 3 is 2.44 bits per heavy atom. The lowest BCUT2D eigenvalue weighted by Crippen LogP contribution is -2.22. The monoisotopic (exact) mass is 364 g/mol. The van der Waals surface area contributed by atoms with Crippen molar-refractivity contribution >= 4 is 24.4 Å². The van der Waals surface area contributed by atoms with Crippen molar-refractivity contribution in [3.05, 3.63) is 38.5 Å². The van der Waals surface area contributed by atoms with Crippen molar-refractivity contribution in [1.82, 2.24) is 14.9 Å². The number of esters is 1. The van der Waals surface area contributed by atoms with Gasteiger partial charge in [-0.2, -0.15) is 14.9 Å². The van der Waals surface area contributed by atoms with Crippen LogP contribution in [0, 0.1) is 11.7 Å². The Labute approximate surface area is 147 Å². The van der Waals surface area contributed by atoms with Crippen molar-refractivity contribution in [3.8, 4) is 17.2 Å². The van der Waals surface area contributed by atoms with Crippen LogP contribution >= 0.6 is 12.2 Å². The summed E-state index contributed by atoms with van der Waals surface area (Å²) in [6.45, 7) is 2.81. The maximum Gasteiger partial charge on any atom is 0.308 e. The maximum atomic E-state index is 12.0. The lowest BCUT2D eigenvalue weighted by atomic mass is 10.2. The number of carbonyl (C=O) groups excluding carboxylic acids is 1. The van der Waals surface area contributed by atoms with Crippen molar-refractivity contribution in [3.63, 3.8) is 0 Å². The molecule has 0 spiro atoms. The van der Waals surface area contributed by atoms with Crippen LogP contribution in [0.2, 0.25) is 0 Å². The van der Waals surface area contributed by atoms with Gasteiger partial charge in [-0.15, -0.1) is 0 Å². The number of methoxy groups -OCH3 is 2. The van der Waals surface area contributed by atoms with Crippen LogP contribution in [0.25, 0.3) is 0 Å². The molecule has 0 bridgehead atoms. The highest BCUT2D eigenvalue weighted by Crippen LogP contribution is 2.38. The molecule has 0 amide bonds. The summed E-state index contributed by atoms with van der Waals surface area (Å²) in [6.07, 6.45) is 1.40. The molecule has 0 radical (unpaired) electrons. The summed E-state index contributed by atoms with van der Waals surface area (Å²) < 4.78 is 16.6. The molecule has 0 atom stereocenters. The third-order valence-electron chi connectivity index (χ3n) is 3.06. The Hall–Kier alpha value is -3.01. The summed E-state index contributed by atoms with van der Waals surface area (Å²) >= 11 is 5.00. The first-order valence-electron chi connectivity index (χ1n) is 7.04. The fraction of sp³-hybridized carbons (Fsp3) is 0.267. The number of aromatic nitrogens is 3. The molecule has 132 valence electrons. The van der Waals surface area contributed by atoms with Crippen molar-refractivity contribution in [1.29, 1.82) is 0 Å². The number of rotatable bonds is 5. The topological polar surface area (TPSA) is 108 Å². The first-order valence-corrected chi connectivity index (χ1v) is 7.45. The van der Waals surface area contributed by atoms with Crippen LogP contribution in [0.3, 0.4) is 0 Å². The minimum Gasteiger partial charge on any atom is -0.493 e. The summed E-state index contributed by atoms with van der Waals surface area (Å²) in [7, 11) is 2.85. The van der Waals surface area contributed by atoms with E-state index in [-0.39, 0.29) is 27.7 Å². The van der Waals surface area contributed by atoms with Gasteiger partial charge in [0.2, 0.25) is 10.5 Å². The van der Waals surface area contributed by atoms with E-state index in [1.807, 2.05) is 0 Å². The molecule has 0 unspecified atom stereocenters. The molecule has 0 aliphatic rings. The lowest BCUT2D eigenvalue weighted by Gasteiger charge is -2.13. The van der Waals surface area contributed by atoms with Gasteiger partial charge in [0.25, 0.3) is 5.56 Å². The number of aryl methyl sites for hydroxylation is 1. The van der Waals surface area contributed by atoms with Crippen molar-refractivity contribution in [2.75, 3.05) is 14.2 Å². The van der Waals surface area contributed by atoms with Crippen LogP contribution in [0.15, 0.2) is 22.0 Å². The standard InChI is InChI=1S/C15H16N4O5S/c1-8-14(21)19(15(25)18-17-8)16-7-10-5-11(22-3)13(24-9(2)20)12(6-10)23-4/h5-7H,1-4H3,(H,18,25)/b16-7+. The summed E-state index contributed by atoms with van der Waals surface area (Å²) in [5, 5.41) is 10.4.